The van der Waals surface area contributed by atoms with Crippen molar-refractivity contribution in [2.45, 2.75) is 6.54 Å². The summed E-state index contributed by atoms with van der Waals surface area (Å²) < 4.78 is 0. The van der Waals surface area contributed by atoms with Crippen LogP contribution in [0.5, 0.6) is 0 Å². The Morgan fingerprint density at radius 2 is 2.05 bits per heavy atom. The molecule has 0 aliphatic carbocycles. The zero-order chi connectivity index (χ0) is 14.7. The number of nitrogens with one attached hydrogen (secondary N) is 2. The Hall–Kier alpha value is -3.13. The molecule has 2 aromatic carbocycles. The van der Waals surface area contributed by atoms with Crippen LogP contribution in [0.2, 0.25) is 0 Å². The number of carbonyl (C=O) groups excluding carboxylic acids is 1. The molecule has 0 radical (unpaired) electrons. The van der Waals surface area contributed by atoms with Gasteiger partial charge < -0.3 is 10.3 Å². The van der Waals surface area contributed by atoms with Gasteiger partial charge >= 0.3 is 0 Å². The molecule has 0 saturated heterocycles. The number of amides is 1. The Morgan fingerprint density at radius 3 is 2.81 bits per heavy atom. The molecule has 0 bridgehead atoms. The topological polar surface area (TPSA) is 81.6 Å². The van der Waals surface area contributed by atoms with Crippen LogP contribution in [0.4, 0.5) is 0 Å². The molecule has 5 nitrogen and oxygen atoms in total. The lowest BCUT2D eigenvalue weighted by atomic mass is 10.2. The van der Waals surface area contributed by atoms with Crippen LogP contribution >= 0.6 is 0 Å². The van der Waals surface area contributed by atoms with Gasteiger partial charge in [-0.15, -0.1) is 0 Å². The van der Waals surface area contributed by atoms with E-state index in [1.807, 2.05) is 18.2 Å². The van der Waals surface area contributed by atoms with Crippen molar-refractivity contribution in [1.29, 1.82) is 5.26 Å². The third-order valence-electron chi connectivity index (χ3n) is 3.11. The number of nitriles is 1. The highest BCUT2D eigenvalue weighted by Gasteiger charge is 2.07. The number of hydrogen-bond acceptors (Lipinski definition) is 3. The largest absolute Gasteiger partial charge is 0.345 e. The molecule has 0 atom stereocenters. The number of rotatable bonds is 3. The van der Waals surface area contributed by atoms with Crippen LogP contribution in [0, 0.1) is 11.3 Å². The summed E-state index contributed by atoms with van der Waals surface area (Å²) in [7, 11) is 0. The number of nitrogens with zero attached hydrogens (tertiary/aromatic N) is 2. The molecular weight excluding hydrogens is 264 g/mol. The first kappa shape index (κ1) is 12.9. The highest BCUT2D eigenvalue weighted by Crippen LogP contribution is 2.13. The van der Waals surface area contributed by atoms with Gasteiger partial charge in [0.1, 0.15) is 5.82 Å². The summed E-state index contributed by atoms with van der Waals surface area (Å²) in [5.74, 6) is 0.512. The summed E-state index contributed by atoms with van der Waals surface area (Å²) in [6, 6.07) is 16.3. The molecule has 0 unspecified atom stereocenters. The molecule has 5 heteroatoms. The summed E-state index contributed by atoms with van der Waals surface area (Å²) in [4.78, 5) is 19.4. The summed E-state index contributed by atoms with van der Waals surface area (Å²) in [6.07, 6.45) is 0. The predicted octanol–water partition coefficient (Wildman–Crippen LogP) is 2.36. The van der Waals surface area contributed by atoms with Crippen LogP contribution in [-0.4, -0.2) is 15.9 Å². The summed E-state index contributed by atoms with van der Waals surface area (Å²) in [6.45, 7) is 0.310. The van der Waals surface area contributed by atoms with E-state index in [1.165, 1.54) is 0 Å². The first-order valence-corrected chi connectivity index (χ1v) is 6.48. The fourth-order valence-corrected chi connectivity index (χ4v) is 2.07. The summed E-state index contributed by atoms with van der Waals surface area (Å²) in [5, 5.41) is 11.7. The molecule has 3 rings (SSSR count). The minimum Gasteiger partial charge on any atom is -0.345 e. The van der Waals surface area contributed by atoms with E-state index in [-0.39, 0.29) is 5.91 Å². The monoisotopic (exact) mass is 276 g/mol. The number of carbonyl (C=O) groups is 1. The molecule has 0 aliphatic rings. The van der Waals surface area contributed by atoms with E-state index >= 15 is 0 Å². The molecular formula is C16H12N4O. The minimum absolute atomic E-state index is 0.145. The smallest absolute Gasteiger partial charge is 0.251 e. The average Bonchev–Trinajstić information content (AvgIpc) is 2.95. The number of imidazole rings is 1. The lowest BCUT2D eigenvalue weighted by Gasteiger charge is -2.02. The SMILES string of the molecule is N#Cc1ccc2nc(CNC(=O)c3ccccc3)[nH]c2c1. The van der Waals surface area contributed by atoms with Gasteiger partial charge in [0.2, 0.25) is 0 Å². The summed E-state index contributed by atoms with van der Waals surface area (Å²) >= 11 is 0. The number of H-pyrrole nitrogens is 1. The molecule has 102 valence electrons. The van der Waals surface area contributed by atoms with Crippen LogP contribution in [-0.2, 0) is 6.54 Å². The first-order chi connectivity index (χ1) is 10.3. The molecule has 3 aromatic rings. The molecule has 21 heavy (non-hydrogen) atoms. The van der Waals surface area contributed by atoms with Crippen LogP contribution in [0.3, 0.4) is 0 Å². The second-order valence-electron chi connectivity index (χ2n) is 4.58. The van der Waals surface area contributed by atoms with E-state index in [1.54, 1.807) is 30.3 Å². The van der Waals surface area contributed by atoms with Gasteiger partial charge in [-0.1, -0.05) is 18.2 Å². The maximum absolute atomic E-state index is 11.9. The maximum Gasteiger partial charge on any atom is 0.251 e. The van der Waals surface area contributed by atoms with E-state index < -0.39 is 0 Å². The zero-order valence-electron chi connectivity index (χ0n) is 11.1. The Bertz CT molecular complexity index is 830. The van der Waals surface area contributed by atoms with Crippen LogP contribution in [0.15, 0.2) is 48.5 Å². The van der Waals surface area contributed by atoms with Crippen molar-refractivity contribution in [2.24, 2.45) is 0 Å². The van der Waals surface area contributed by atoms with Gasteiger partial charge in [0.25, 0.3) is 5.91 Å². The summed E-state index contributed by atoms with van der Waals surface area (Å²) in [5.41, 5.74) is 2.75. The Labute approximate surface area is 121 Å². The van der Waals surface area contributed by atoms with Crippen LogP contribution in [0.25, 0.3) is 11.0 Å². The van der Waals surface area contributed by atoms with Crippen molar-refractivity contribution in [3.05, 3.63) is 65.5 Å². The second kappa shape index (κ2) is 5.47. The van der Waals surface area contributed by atoms with Gasteiger partial charge in [-0.3, -0.25) is 4.79 Å². The highest BCUT2D eigenvalue weighted by molar-refractivity contribution is 5.94. The van der Waals surface area contributed by atoms with Gasteiger partial charge in [-0.25, -0.2) is 4.98 Å². The molecule has 1 aromatic heterocycles. The standard InChI is InChI=1S/C16H12N4O/c17-9-11-6-7-13-14(8-11)20-15(19-13)10-18-16(21)12-4-2-1-3-5-12/h1-8H,10H2,(H,18,21)(H,19,20). The lowest BCUT2D eigenvalue weighted by molar-refractivity contribution is 0.0950. The van der Waals surface area contributed by atoms with E-state index in [2.05, 4.69) is 21.4 Å². The number of benzene rings is 2. The van der Waals surface area contributed by atoms with Crippen molar-refractivity contribution in [2.75, 3.05) is 0 Å². The molecule has 0 spiro atoms. The minimum atomic E-state index is -0.145. The van der Waals surface area contributed by atoms with E-state index in [9.17, 15) is 4.79 Å². The van der Waals surface area contributed by atoms with Gasteiger partial charge in [0, 0.05) is 5.56 Å². The Morgan fingerprint density at radius 1 is 1.24 bits per heavy atom. The third kappa shape index (κ3) is 2.74. The lowest BCUT2D eigenvalue weighted by Crippen LogP contribution is -2.23. The highest BCUT2D eigenvalue weighted by atomic mass is 16.1. The molecule has 0 aliphatic heterocycles. The van der Waals surface area contributed by atoms with Crippen molar-refractivity contribution < 1.29 is 4.79 Å². The van der Waals surface area contributed by atoms with Crippen LogP contribution < -0.4 is 5.32 Å². The van der Waals surface area contributed by atoms with E-state index in [0.717, 1.165) is 11.0 Å². The molecule has 2 N–H and O–H groups in total. The number of fused-ring (bicyclic) bond motifs is 1. The van der Waals surface area contributed by atoms with Gasteiger partial charge in [-0.2, -0.15) is 5.26 Å². The number of hydrogen-bond donors (Lipinski definition) is 2. The van der Waals surface area contributed by atoms with Crippen molar-refractivity contribution in [3.8, 4) is 6.07 Å². The van der Waals surface area contributed by atoms with Gasteiger partial charge in [0.15, 0.2) is 0 Å². The fourth-order valence-electron chi connectivity index (χ4n) is 2.07. The maximum atomic E-state index is 11.9. The quantitative estimate of drug-likeness (QED) is 0.770. The van der Waals surface area contributed by atoms with Crippen molar-refractivity contribution >= 4 is 16.9 Å². The van der Waals surface area contributed by atoms with Gasteiger partial charge in [0.05, 0.1) is 29.2 Å². The second-order valence-corrected chi connectivity index (χ2v) is 4.58. The van der Waals surface area contributed by atoms with E-state index in [0.29, 0.717) is 23.5 Å². The van der Waals surface area contributed by atoms with E-state index in [4.69, 9.17) is 5.26 Å². The van der Waals surface area contributed by atoms with Gasteiger partial charge in [-0.05, 0) is 30.3 Å². The normalized spacial score (nSPS) is 10.2. The average molecular weight is 276 g/mol. The number of aromatic amines is 1. The molecule has 0 fully saturated rings. The molecule has 0 saturated carbocycles. The number of aromatic nitrogens is 2. The van der Waals surface area contributed by atoms with Crippen LogP contribution in [0.1, 0.15) is 21.7 Å². The Kier molecular flexibility index (Phi) is 3.36. The van der Waals surface area contributed by atoms with Crippen molar-refractivity contribution in [3.63, 3.8) is 0 Å². The first-order valence-electron chi connectivity index (χ1n) is 6.48. The third-order valence-corrected chi connectivity index (χ3v) is 3.11. The molecule has 1 amide bonds. The predicted molar refractivity (Wildman–Crippen MR) is 78.4 cm³/mol. The fraction of sp³-hybridized carbons (Fsp3) is 0.0625. The van der Waals surface area contributed by atoms with Crippen molar-refractivity contribution in [1.82, 2.24) is 15.3 Å². The zero-order valence-corrected chi connectivity index (χ0v) is 11.1. The Balaban J connectivity index is 1.74. The molecule has 1 heterocycles.